The van der Waals surface area contributed by atoms with Gasteiger partial charge in [0.05, 0.1) is 32.4 Å². The number of cyclic esters (lactones) is 1. The van der Waals surface area contributed by atoms with Crippen LogP contribution in [0.4, 0.5) is 0 Å². The second-order valence-electron chi connectivity index (χ2n) is 28.1. The van der Waals surface area contributed by atoms with Crippen molar-refractivity contribution in [2.45, 2.75) is 242 Å². The van der Waals surface area contributed by atoms with E-state index in [-0.39, 0.29) is 45.1 Å². The van der Waals surface area contributed by atoms with E-state index in [1.807, 2.05) is 10.6 Å². The zero-order valence-corrected chi connectivity index (χ0v) is 65.0. The molecule has 23 N–H and O–H groups in total. The van der Waals surface area contributed by atoms with Crippen LogP contribution in [0.1, 0.15) is 163 Å². The molecule has 1 aromatic carbocycles. The summed E-state index contributed by atoms with van der Waals surface area (Å²) in [6.45, 7) is 6.69. The predicted molar refractivity (Wildman–Crippen MR) is 400 cm³/mol. The Kier molecular flexibility index (Phi) is 41.3. The number of likely N-dealkylation sites (N-methyl/N-ethyl adjacent to an activating group) is 1. The van der Waals surface area contributed by atoms with Crippen molar-refractivity contribution in [2.75, 3.05) is 26.7 Å². The Labute approximate surface area is 660 Å². The summed E-state index contributed by atoms with van der Waals surface area (Å²) in [5.74, 6) is -29.3. The normalized spacial score (nSPS) is 21.9. The standard InChI is InChI=1S/C72H108N16O27/c1-8-35(3)18-12-10-11-13-22-50(90)78-45(28-39-32-75-41-20-15-14-19-40(39)41)66(107)81-44(24-26-54(95)96)65(106)87-59(60(101)71(112)113)69(110)86-58-38(6)115-72(114)57(36(4)9-2)85-64(105)43(23-25-53(93)94)82-67(108)46(29-49(74)89)79-51(91)33-76-62(103)47(30-55(97)98)84-63(104)42(21-16-17-27-73)80-68(109)48(31-56(99)100)83-61(102)37(5)77-52(92)34-88(7)70(58)111/h14-15,19-20,32,35-38,42-48,57-60,75,101H,8-13,16-18,21-31,33-34,73H2,1-7H3,(H2,74,89)(H,76,103)(H,77,92)(H,78,90)(H,79,91)(H,80,109)(H,81,107)(H,82,108)(H,83,102)(H,84,104)(H,85,105)(H,86,110)(H,87,106)(H,93,94)(H,95,96)(H,97,98)(H,99,100)(H,112,113). The molecule has 1 aliphatic rings. The number of carboxylic acids is 5. The summed E-state index contributed by atoms with van der Waals surface area (Å²) >= 11 is 0. The smallest absolute Gasteiger partial charge is 0.335 e. The number of unbranched alkanes of at least 4 members (excludes halogenated alkanes) is 4. The molecule has 0 radical (unpaired) electrons. The highest BCUT2D eigenvalue weighted by Crippen LogP contribution is 2.21. The monoisotopic (exact) mass is 1630 g/mol. The summed E-state index contributed by atoms with van der Waals surface area (Å²) < 4.78 is 5.72. The highest BCUT2D eigenvalue weighted by atomic mass is 16.5. The van der Waals surface area contributed by atoms with Crippen LogP contribution >= 0.6 is 0 Å². The molecule has 1 fully saturated rings. The number of esters is 1. The van der Waals surface area contributed by atoms with Crippen molar-refractivity contribution in [1.29, 1.82) is 0 Å². The number of rotatable bonds is 37. The molecule has 2 heterocycles. The highest BCUT2D eigenvalue weighted by Gasteiger charge is 2.43. The molecule has 638 valence electrons. The Bertz CT molecular complexity index is 3820. The maximum Gasteiger partial charge on any atom is 0.335 e. The van der Waals surface area contributed by atoms with Gasteiger partial charge in [-0.15, -0.1) is 0 Å². The number of carbonyl (C=O) groups excluding carboxylic acids is 15. The van der Waals surface area contributed by atoms with E-state index in [1.165, 1.54) is 13.8 Å². The van der Waals surface area contributed by atoms with Crippen LogP contribution in [-0.2, 0) is 107 Å². The lowest BCUT2D eigenvalue weighted by molar-refractivity contribution is -0.159. The third-order valence-corrected chi connectivity index (χ3v) is 18.7. The number of aromatic nitrogens is 1. The third kappa shape index (κ3) is 34.1. The second-order valence-corrected chi connectivity index (χ2v) is 28.1. The Morgan fingerprint density at radius 1 is 0.583 bits per heavy atom. The average molecular weight is 1630 g/mol. The molecule has 0 bridgehead atoms. The zero-order valence-electron chi connectivity index (χ0n) is 65.0. The number of hydrogen-bond acceptors (Lipinski definition) is 23. The summed E-state index contributed by atoms with van der Waals surface area (Å²) in [5, 5.41) is 87.6. The molecular formula is C72H108N16O27. The van der Waals surface area contributed by atoms with E-state index in [9.17, 15) is 127 Å². The van der Waals surface area contributed by atoms with E-state index < -0.39 is 261 Å². The fourth-order valence-corrected chi connectivity index (χ4v) is 11.7. The molecular weight excluding hydrogens is 1520 g/mol. The molecule has 1 aromatic heterocycles. The van der Waals surface area contributed by atoms with Crippen LogP contribution in [0, 0.1) is 11.8 Å². The van der Waals surface area contributed by atoms with E-state index in [0.29, 0.717) is 40.1 Å². The van der Waals surface area contributed by atoms with Crippen molar-refractivity contribution in [3.63, 3.8) is 0 Å². The fourth-order valence-electron chi connectivity index (χ4n) is 11.7. The van der Waals surface area contributed by atoms with Crippen molar-refractivity contribution in [2.24, 2.45) is 23.3 Å². The fraction of sp³-hybridized carbons (Fsp3) is 0.611. The largest absolute Gasteiger partial charge is 0.481 e. The number of carbonyl (C=O) groups is 20. The van der Waals surface area contributed by atoms with Gasteiger partial charge in [0.2, 0.25) is 82.7 Å². The molecule has 1 saturated heterocycles. The maximum absolute atomic E-state index is 14.9. The molecule has 1 aliphatic heterocycles. The number of aliphatic hydroxyl groups excluding tert-OH is 1. The van der Waals surface area contributed by atoms with Crippen LogP contribution in [0.5, 0.6) is 0 Å². The molecule has 0 spiro atoms. The van der Waals surface area contributed by atoms with Crippen molar-refractivity contribution in [3.8, 4) is 0 Å². The number of hydrogen-bond donors (Lipinski definition) is 21. The van der Waals surface area contributed by atoms with Gasteiger partial charge >= 0.3 is 35.8 Å². The topological polar surface area (TPSA) is 687 Å². The molecule has 43 nitrogen and oxygen atoms in total. The van der Waals surface area contributed by atoms with Crippen molar-refractivity contribution < 1.29 is 131 Å². The molecule has 0 saturated carbocycles. The number of amides is 14. The number of primary amides is 1. The van der Waals surface area contributed by atoms with E-state index >= 15 is 0 Å². The van der Waals surface area contributed by atoms with Crippen molar-refractivity contribution >= 4 is 129 Å². The first-order valence-electron chi connectivity index (χ1n) is 37.5. The van der Waals surface area contributed by atoms with E-state index in [2.05, 4.69) is 72.0 Å². The molecule has 15 atom stereocenters. The van der Waals surface area contributed by atoms with Crippen LogP contribution in [0.15, 0.2) is 30.5 Å². The Morgan fingerprint density at radius 2 is 1.15 bits per heavy atom. The minimum absolute atomic E-state index is 0.0265. The number of nitrogens with two attached hydrogens (primary N) is 2. The van der Waals surface area contributed by atoms with Crippen molar-refractivity contribution in [1.82, 2.24) is 73.7 Å². The molecule has 14 amide bonds. The average Bonchev–Trinajstić information content (AvgIpc) is 1.77. The van der Waals surface area contributed by atoms with Crippen LogP contribution in [0.25, 0.3) is 10.9 Å². The van der Waals surface area contributed by atoms with Crippen molar-refractivity contribution in [3.05, 3.63) is 36.0 Å². The van der Waals surface area contributed by atoms with Gasteiger partial charge in [-0.3, -0.25) is 86.3 Å². The zero-order chi connectivity index (χ0) is 86.5. The van der Waals surface area contributed by atoms with Gasteiger partial charge in [0.15, 0.2) is 6.10 Å². The highest BCUT2D eigenvalue weighted by molar-refractivity contribution is 6.02. The number of nitrogens with zero attached hydrogens (tertiary/aromatic N) is 1. The first-order chi connectivity index (χ1) is 54.1. The van der Waals surface area contributed by atoms with Gasteiger partial charge in [-0.05, 0) is 82.4 Å². The lowest BCUT2D eigenvalue weighted by Crippen LogP contribution is -2.64. The van der Waals surface area contributed by atoms with E-state index in [1.54, 1.807) is 30.5 Å². The molecule has 115 heavy (non-hydrogen) atoms. The first kappa shape index (κ1) is 97.3. The van der Waals surface area contributed by atoms with Crippen LogP contribution in [-0.4, -0.2) is 264 Å². The summed E-state index contributed by atoms with van der Waals surface area (Å²) in [4.78, 5) is 275. The minimum Gasteiger partial charge on any atom is -0.481 e. The number of fused-ring (bicyclic) bond motifs is 1. The number of aromatic amines is 1. The molecule has 2 aromatic rings. The van der Waals surface area contributed by atoms with Crippen LogP contribution in [0.2, 0.25) is 0 Å². The predicted octanol–water partition coefficient (Wildman–Crippen LogP) is -4.86. The van der Waals surface area contributed by atoms with Gasteiger partial charge in [-0.1, -0.05) is 84.4 Å². The molecule has 43 heteroatoms. The minimum atomic E-state index is -3.02. The number of carboxylic acid groups (broad SMARTS) is 5. The second kappa shape index (κ2) is 48.9. The summed E-state index contributed by atoms with van der Waals surface area (Å²) in [6.07, 6.45) is -6.05. The summed E-state index contributed by atoms with van der Waals surface area (Å²) in [5.41, 5.74) is 12.2. The van der Waals surface area contributed by atoms with Gasteiger partial charge in [-0.25, -0.2) is 9.59 Å². The number of H-pyrrole nitrogens is 1. The Morgan fingerprint density at radius 3 is 1.74 bits per heavy atom. The van der Waals surface area contributed by atoms with Gasteiger partial charge in [0.1, 0.15) is 72.6 Å². The van der Waals surface area contributed by atoms with Gasteiger partial charge < -0.3 is 121 Å². The molecule has 3 rings (SSSR count). The number of para-hydroxylation sites is 1. The van der Waals surface area contributed by atoms with Crippen LogP contribution in [0.3, 0.4) is 0 Å². The van der Waals surface area contributed by atoms with Crippen LogP contribution < -0.4 is 75.3 Å². The van der Waals surface area contributed by atoms with E-state index in [0.717, 1.165) is 46.6 Å². The van der Waals surface area contributed by atoms with Gasteiger partial charge in [0, 0.05) is 49.8 Å². The Balaban J connectivity index is 2.26. The molecule has 15 unspecified atom stereocenters. The van der Waals surface area contributed by atoms with E-state index in [4.69, 9.17) is 16.2 Å². The Hall–Kier alpha value is -11.9. The maximum atomic E-state index is 14.9. The SMILES string of the molecule is CCC(C)CCCCCCC(=O)NC(Cc1c[nH]c2ccccc12)C(=O)NC(CCC(=O)O)C(=O)NC(C(=O)NC1C(=O)N(C)CC(=O)NC(C)C(=O)NC(CC(=O)O)C(=O)NC(CCCCN)C(=O)NC(CC(=O)O)C(=O)NCC(=O)NC(CC(N)=O)C(=O)NC(CCC(=O)O)C(=O)NC(C(C)CC)C(=O)OC1C)C(O)C(=O)O. The summed E-state index contributed by atoms with van der Waals surface area (Å²) in [7, 11) is 0.882. The number of nitrogens with one attached hydrogen (secondary N) is 13. The lowest BCUT2D eigenvalue weighted by Gasteiger charge is -2.32. The number of benzene rings is 1. The number of ether oxygens (including phenoxy) is 1. The third-order valence-electron chi connectivity index (χ3n) is 18.7. The summed E-state index contributed by atoms with van der Waals surface area (Å²) in [6, 6.07) is -15.6. The first-order valence-corrected chi connectivity index (χ1v) is 37.5. The van der Waals surface area contributed by atoms with Gasteiger partial charge in [0.25, 0.3) is 0 Å². The van der Waals surface area contributed by atoms with Gasteiger partial charge in [-0.2, -0.15) is 0 Å². The quantitative estimate of drug-likeness (QED) is 0.0223. The molecule has 0 aliphatic carbocycles. The number of aliphatic carboxylic acids is 5. The lowest BCUT2D eigenvalue weighted by atomic mass is 9.98. The number of aliphatic hydroxyl groups is 1.